The molecule has 0 aromatic heterocycles. The largest absolute Gasteiger partial charge is 0.493 e. The van der Waals surface area contributed by atoms with E-state index in [1.54, 1.807) is 7.11 Å². The molecule has 2 aliphatic rings. The van der Waals surface area contributed by atoms with E-state index in [1.165, 1.54) is 0 Å². The van der Waals surface area contributed by atoms with Crippen molar-refractivity contribution >= 4 is 11.8 Å². The molecule has 0 spiro atoms. The lowest BCUT2D eigenvalue weighted by atomic mass is 9.71. The normalized spacial score (nSPS) is 20.4. The third-order valence-corrected chi connectivity index (χ3v) is 7.02. The fourth-order valence-electron chi connectivity index (χ4n) is 5.07. The summed E-state index contributed by atoms with van der Waals surface area (Å²) in [6.45, 7) is 8.15. The number of dihydropyridines is 1. The monoisotopic (exact) mass is 489 g/mol. The molecule has 190 valence electrons. The number of methoxy groups -OCH3 is 1. The number of esters is 1. The van der Waals surface area contributed by atoms with Gasteiger partial charge >= 0.3 is 5.97 Å². The fourth-order valence-corrected chi connectivity index (χ4v) is 5.07. The Morgan fingerprint density at radius 1 is 1.06 bits per heavy atom. The Labute approximate surface area is 213 Å². The minimum atomic E-state index is -0.549. The molecule has 6 heteroatoms. The van der Waals surface area contributed by atoms with Gasteiger partial charge in [-0.1, -0.05) is 43.3 Å². The van der Waals surface area contributed by atoms with E-state index in [-0.39, 0.29) is 17.8 Å². The Morgan fingerprint density at radius 2 is 1.81 bits per heavy atom. The van der Waals surface area contributed by atoms with E-state index < -0.39 is 11.9 Å². The van der Waals surface area contributed by atoms with Gasteiger partial charge in [-0.25, -0.2) is 4.79 Å². The van der Waals surface area contributed by atoms with Crippen LogP contribution in [0.3, 0.4) is 0 Å². The summed E-state index contributed by atoms with van der Waals surface area (Å²) in [5.41, 5.74) is 4.62. The third-order valence-electron chi connectivity index (χ3n) is 7.02. The fraction of sp³-hybridized carbons (Fsp3) is 0.400. The number of nitrogens with one attached hydrogen (secondary N) is 1. The molecule has 6 nitrogen and oxygen atoms in total. The van der Waals surface area contributed by atoms with Crippen LogP contribution in [0.2, 0.25) is 0 Å². The summed E-state index contributed by atoms with van der Waals surface area (Å²) in [6, 6.07) is 15.7. The van der Waals surface area contributed by atoms with Gasteiger partial charge in [-0.2, -0.15) is 0 Å². The standard InChI is InChI=1S/C30H35NO5/c1-6-18(3)36-30(33)27-19(4)31-23-15-22(20-11-9-8-10-12-20)16-24(32)29(23)28(27)21-13-14-25(35-7-2)26(17-21)34-5/h8-14,17-18,22,28,31H,6-7,15-16H2,1-5H3. The zero-order chi connectivity index (χ0) is 25.8. The molecule has 2 aromatic carbocycles. The summed E-state index contributed by atoms with van der Waals surface area (Å²) in [4.78, 5) is 27.2. The molecule has 1 aliphatic carbocycles. The maximum atomic E-state index is 13.7. The number of benzene rings is 2. The van der Waals surface area contributed by atoms with Crippen LogP contribution in [0.5, 0.6) is 11.5 Å². The van der Waals surface area contributed by atoms with E-state index in [4.69, 9.17) is 14.2 Å². The van der Waals surface area contributed by atoms with Crippen LogP contribution in [-0.4, -0.2) is 31.6 Å². The summed E-state index contributed by atoms with van der Waals surface area (Å²) < 4.78 is 17.1. The number of allylic oxidation sites excluding steroid dienone is 3. The van der Waals surface area contributed by atoms with E-state index in [0.29, 0.717) is 54.2 Å². The Kier molecular flexibility index (Phi) is 7.82. The van der Waals surface area contributed by atoms with Gasteiger partial charge in [0.05, 0.1) is 25.4 Å². The topological polar surface area (TPSA) is 73.9 Å². The van der Waals surface area contributed by atoms with Crippen molar-refractivity contribution in [1.82, 2.24) is 5.32 Å². The summed E-state index contributed by atoms with van der Waals surface area (Å²) in [5, 5.41) is 3.41. The maximum Gasteiger partial charge on any atom is 0.337 e. The molecule has 0 radical (unpaired) electrons. The molecule has 1 heterocycles. The first-order valence-corrected chi connectivity index (χ1v) is 12.7. The van der Waals surface area contributed by atoms with E-state index >= 15 is 0 Å². The highest BCUT2D eigenvalue weighted by Crippen LogP contribution is 2.47. The first kappa shape index (κ1) is 25.5. The Bertz CT molecular complexity index is 1200. The zero-order valence-corrected chi connectivity index (χ0v) is 21.7. The van der Waals surface area contributed by atoms with Crippen LogP contribution in [0.25, 0.3) is 0 Å². The van der Waals surface area contributed by atoms with Gasteiger partial charge in [0.25, 0.3) is 0 Å². The van der Waals surface area contributed by atoms with Crippen molar-refractivity contribution in [3.8, 4) is 11.5 Å². The number of carbonyl (C=O) groups is 2. The van der Waals surface area contributed by atoms with E-state index in [1.807, 2.05) is 64.1 Å². The van der Waals surface area contributed by atoms with Crippen molar-refractivity contribution in [2.45, 2.75) is 64.9 Å². The van der Waals surface area contributed by atoms with Gasteiger partial charge in [-0.3, -0.25) is 4.79 Å². The van der Waals surface area contributed by atoms with Gasteiger partial charge in [0.2, 0.25) is 0 Å². The molecule has 0 amide bonds. The second-order valence-corrected chi connectivity index (χ2v) is 9.40. The van der Waals surface area contributed by atoms with E-state index in [9.17, 15) is 9.59 Å². The first-order valence-electron chi connectivity index (χ1n) is 12.7. The molecular formula is C30H35NO5. The number of rotatable bonds is 8. The SMILES string of the molecule is CCOc1ccc(C2C(C(=O)OC(C)CC)=C(C)NC3=C2C(=O)CC(c2ccccc2)C3)cc1OC. The van der Waals surface area contributed by atoms with Crippen molar-refractivity contribution < 1.29 is 23.8 Å². The quantitative estimate of drug-likeness (QED) is 0.473. The van der Waals surface area contributed by atoms with Crippen molar-refractivity contribution in [3.05, 3.63) is 82.2 Å². The number of hydrogen-bond donors (Lipinski definition) is 1. The van der Waals surface area contributed by atoms with Crippen molar-refractivity contribution in [3.63, 3.8) is 0 Å². The lowest BCUT2D eigenvalue weighted by molar-refractivity contribution is -0.144. The predicted molar refractivity (Wildman–Crippen MR) is 139 cm³/mol. The highest BCUT2D eigenvalue weighted by Gasteiger charge is 2.42. The molecule has 0 fully saturated rings. The Balaban J connectivity index is 1.82. The van der Waals surface area contributed by atoms with Crippen LogP contribution >= 0.6 is 0 Å². The second-order valence-electron chi connectivity index (χ2n) is 9.40. The average Bonchev–Trinajstić information content (AvgIpc) is 2.88. The van der Waals surface area contributed by atoms with Crippen LogP contribution in [0.15, 0.2) is 71.1 Å². The molecule has 3 atom stereocenters. The van der Waals surface area contributed by atoms with Gasteiger partial charge in [0.15, 0.2) is 17.3 Å². The molecular weight excluding hydrogens is 454 g/mol. The number of ketones is 1. The highest BCUT2D eigenvalue weighted by molar-refractivity contribution is 6.04. The number of hydrogen-bond acceptors (Lipinski definition) is 6. The van der Waals surface area contributed by atoms with Gasteiger partial charge in [0, 0.05) is 29.3 Å². The molecule has 36 heavy (non-hydrogen) atoms. The van der Waals surface area contributed by atoms with Gasteiger partial charge < -0.3 is 19.5 Å². The number of ether oxygens (including phenoxy) is 3. The lowest BCUT2D eigenvalue weighted by Gasteiger charge is -2.37. The van der Waals surface area contributed by atoms with Crippen LogP contribution in [0, 0.1) is 0 Å². The first-order chi connectivity index (χ1) is 17.4. The maximum absolute atomic E-state index is 13.7. The smallest absolute Gasteiger partial charge is 0.337 e. The predicted octanol–water partition coefficient (Wildman–Crippen LogP) is 5.80. The van der Waals surface area contributed by atoms with Gasteiger partial charge in [-0.05, 0) is 62.8 Å². The summed E-state index contributed by atoms with van der Waals surface area (Å²) in [7, 11) is 1.59. The molecule has 1 aliphatic heterocycles. The molecule has 3 unspecified atom stereocenters. The molecule has 0 bridgehead atoms. The van der Waals surface area contributed by atoms with Crippen LogP contribution in [-0.2, 0) is 14.3 Å². The summed E-state index contributed by atoms with van der Waals surface area (Å²) >= 11 is 0. The van der Waals surface area contributed by atoms with Crippen LogP contribution in [0.1, 0.15) is 69.9 Å². The Hall–Kier alpha value is -3.54. The average molecular weight is 490 g/mol. The zero-order valence-electron chi connectivity index (χ0n) is 21.7. The van der Waals surface area contributed by atoms with Gasteiger partial charge in [0.1, 0.15) is 0 Å². The number of Topliss-reactive ketones (excluding diaryl/α,β-unsaturated/α-hetero) is 1. The van der Waals surface area contributed by atoms with E-state index in [2.05, 4.69) is 17.4 Å². The Morgan fingerprint density at radius 3 is 2.47 bits per heavy atom. The van der Waals surface area contributed by atoms with Crippen molar-refractivity contribution in [2.75, 3.05) is 13.7 Å². The van der Waals surface area contributed by atoms with E-state index in [0.717, 1.165) is 16.8 Å². The lowest BCUT2D eigenvalue weighted by Crippen LogP contribution is -2.36. The van der Waals surface area contributed by atoms with Crippen LogP contribution < -0.4 is 14.8 Å². The minimum absolute atomic E-state index is 0.0387. The molecule has 0 saturated carbocycles. The third kappa shape index (κ3) is 5.03. The molecule has 0 saturated heterocycles. The van der Waals surface area contributed by atoms with Crippen LogP contribution in [0.4, 0.5) is 0 Å². The number of carbonyl (C=O) groups excluding carboxylic acids is 2. The second kappa shape index (κ2) is 11.0. The van der Waals surface area contributed by atoms with Crippen molar-refractivity contribution in [1.29, 1.82) is 0 Å². The van der Waals surface area contributed by atoms with Gasteiger partial charge in [-0.15, -0.1) is 0 Å². The molecule has 1 N–H and O–H groups in total. The molecule has 2 aromatic rings. The summed E-state index contributed by atoms with van der Waals surface area (Å²) in [6.07, 6.45) is 1.56. The highest BCUT2D eigenvalue weighted by atomic mass is 16.5. The summed E-state index contributed by atoms with van der Waals surface area (Å²) in [5.74, 6) is 0.352. The molecule has 4 rings (SSSR count). The van der Waals surface area contributed by atoms with Crippen molar-refractivity contribution in [2.24, 2.45) is 0 Å². The minimum Gasteiger partial charge on any atom is -0.493 e.